The summed E-state index contributed by atoms with van der Waals surface area (Å²) in [6.07, 6.45) is 3.06. The third kappa shape index (κ3) is 7.03. The van der Waals surface area contributed by atoms with Crippen LogP contribution >= 0.6 is 12.2 Å². The Morgan fingerprint density at radius 2 is 1.60 bits per heavy atom. The molecule has 7 nitrogen and oxygen atoms in total. The maximum atomic E-state index is 12.9. The number of sulfonamides is 1. The molecule has 35 heavy (non-hydrogen) atoms. The Bertz CT molecular complexity index is 1250. The number of ether oxygens (including phenoxy) is 1. The van der Waals surface area contributed by atoms with Crippen molar-refractivity contribution in [3.05, 3.63) is 84.4 Å². The number of unbranched alkanes of at least 4 members (excludes halogenated alkanes) is 2. The first-order valence-corrected chi connectivity index (χ1v) is 13.2. The average molecular weight is 512 g/mol. The summed E-state index contributed by atoms with van der Waals surface area (Å²) >= 11 is 5.28. The highest BCUT2D eigenvalue weighted by molar-refractivity contribution is 7.92. The van der Waals surface area contributed by atoms with Gasteiger partial charge in [-0.15, -0.1) is 0 Å². The molecule has 0 atom stereocenters. The molecule has 0 heterocycles. The summed E-state index contributed by atoms with van der Waals surface area (Å²) in [4.78, 5) is 12.9. The van der Waals surface area contributed by atoms with E-state index < -0.39 is 15.9 Å². The zero-order chi connectivity index (χ0) is 25.3. The van der Waals surface area contributed by atoms with Gasteiger partial charge >= 0.3 is 0 Å². The normalized spacial score (nSPS) is 10.9. The van der Waals surface area contributed by atoms with Gasteiger partial charge in [0.05, 0.1) is 22.8 Å². The lowest BCUT2D eigenvalue weighted by molar-refractivity contribution is 0.0973. The zero-order valence-corrected chi connectivity index (χ0v) is 21.4. The Labute approximate surface area is 212 Å². The molecule has 0 aromatic heterocycles. The van der Waals surface area contributed by atoms with Gasteiger partial charge in [0.25, 0.3) is 15.9 Å². The highest BCUT2D eigenvalue weighted by Crippen LogP contribution is 2.23. The number of nitrogens with zero attached hydrogens (tertiary/aromatic N) is 1. The van der Waals surface area contributed by atoms with Crippen LogP contribution in [0.4, 0.5) is 11.4 Å². The topological polar surface area (TPSA) is 87.7 Å². The Morgan fingerprint density at radius 1 is 0.943 bits per heavy atom. The molecule has 0 saturated carbocycles. The van der Waals surface area contributed by atoms with Gasteiger partial charge in [0, 0.05) is 12.7 Å². The molecule has 3 aromatic carbocycles. The van der Waals surface area contributed by atoms with Crippen molar-refractivity contribution in [1.29, 1.82) is 0 Å². The third-order valence-electron chi connectivity index (χ3n) is 5.25. The fourth-order valence-electron chi connectivity index (χ4n) is 3.29. The van der Waals surface area contributed by atoms with Gasteiger partial charge in [0.2, 0.25) is 0 Å². The Balaban J connectivity index is 1.62. The molecular weight excluding hydrogens is 482 g/mol. The fraction of sp³-hybridized carbons (Fsp3) is 0.231. The van der Waals surface area contributed by atoms with Gasteiger partial charge in [-0.1, -0.05) is 50.1 Å². The predicted molar refractivity (Wildman–Crippen MR) is 144 cm³/mol. The largest absolute Gasteiger partial charge is 0.493 e. The number of hydrogen-bond donors (Lipinski definition) is 2. The molecule has 0 aliphatic heterocycles. The second-order valence-electron chi connectivity index (χ2n) is 7.79. The van der Waals surface area contributed by atoms with Crippen molar-refractivity contribution in [2.24, 2.45) is 0 Å². The van der Waals surface area contributed by atoms with E-state index in [1.165, 1.54) is 23.5 Å². The van der Waals surface area contributed by atoms with E-state index in [-0.39, 0.29) is 10.0 Å². The van der Waals surface area contributed by atoms with Crippen LogP contribution < -0.4 is 19.7 Å². The van der Waals surface area contributed by atoms with E-state index in [0.717, 1.165) is 19.3 Å². The summed E-state index contributed by atoms with van der Waals surface area (Å²) in [7, 11) is -2.21. The molecule has 3 aromatic rings. The van der Waals surface area contributed by atoms with Gasteiger partial charge in [0.1, 0.15) is 5.75 Å². The summed E-state index contributed by atoms with van der Waals surface area (Å²) < 4.78 is 32.8. The molecule has 1 amide bonds. The summed E-state index contributed by atoms with van der Waals surface area (Å²) in [6, 6.07) is 22.0. The molecule has 0 radical (unpaired) electrons. The van der Waals surface area contributed by atoms with Crippen LogP contribution in [-0.2, 0) is 10.0 Å². The number of carbonyl (C=O) groups is 1. The average Bonchev–Trinajstić information content (AvgIpc) is 2.87. The van der Waals surface area contributed by atoms with Crippen molar-refractivity contribution in [1.82, 2.24) is 5.32 Å². The van der Waals surface area contributed by atoms with Crippen LogP contribution in [0.15, 0.2) is 83.8 Å². The summed E-state index contributed by atoms with van der Waals surface area (Å²) in [5, 5.41) is 5.65. The minimum Gasteiger partial charge on any atom is -0.493 e. The minimum atomic E-state index is -3.72. The van der Waals surface area contributed by atoms with Crippen molar-refractivity contribution in [3.63, 3.8) is 0 Å². The van der Waals surface area contributed by atoms with Crippen molar-refractivity contribution in [2.45, 2.75) is 31.1 Å². The molecule has 0 aliphatic rings. The maximum Gasteiger partial charge on any atom is 0.264 e. The van der Waals surface area contributed by atoms with E-state index in [4.69, 9.17) is 17.0 Å². The molecule has 2 N–H and O–H groups in total. The van der Waals surface area contributed by atoms with E-state index >= 15 is 0 Å². The van der Waals surface area contributed by atoms with E-state index in [1.54, 1.807) is 54.6 Å². The monoisotopic (exact) mass is 511 g/mol. The predicted octanol–water partition coefficient (Wildman–Crippen LogP) is 5.21. The lowest BCUT2D eigenvalue weighted by atomic mass is 10.2. The Morgan fingerprint density at radius 3 is 2.29 bits per heavy atom. The van der Waals surface area contributed by atoms with Gasteiger partial charge in [-0.3, -0.25) is 14.4 Å². The zero-order valence-electron chi connectivity index (χ0n) is 19.7. The first kappa shape index (κ1) is 26.2. The Kier molecular flexibility index (Phi) is 9.22. The molecule has 0 saturated heterocycles. The molecular formula is C26H29N3O4S2. The number of para-hydroxylation sites is 2. The maximum absolute atomic E-state index is 12.9. The van der Waals surface area contributed by atoms with Crippen LogP contribution in [0.1, 0.15) is 36.5 Å². The molecule has 0 aliphatic carbocycles. The fourth-order valence-corrected chi connectivity index (χ4v) is 4.70. The van der Waals surface area contributed by atoms with Crippen LogP contribution in [0.2, 0.25) is 0 Å². The quantitative estimate of drug-likeness (QED) is 0.287. The van der Waals surface area contributed by atoms with E-state index in [0.29, 0.717) is 29.3 Å². The van der Waals surface area contributed by atoms with Crippen molar-refractivity contribution >= 4 is 44.6 Å². The number of nitrogens with one attached hydrogen (secondary N) is 2. The highest BCUT2D eigenvalue weighted by atomic mass is 32.2. The van der Waals surface area contributed by atoms with E-state index in [1.807, 2.05) is 12.1 Å². The first-order chi connectivity index (χ1) is 16.8. The second-order valence-corrected chi connectivity index (χ2v) is 10.2. The number of carbonyl (C=O) groups excluding carboxylic acids is 1. The SMILES string of the molecule is CCCCCOc1ccccc1C(=O)NC(=S)Nc1ccc(S(=O)(=O)N(C)c2ccccc2)cc1. The van der Waals surface area contributed by atoms with Crippen molar-refractivity contribution < 1.29 is 17.9 Å². The van der Waals surface area contributed by atoms with Crippen LogP contribution in [0.3, 0.4) is 0 Å². The van der Waals surface area contributed by atoms with Crippen LogP contribution in [0, 0.1) is 0 Å². The smallest absolute Gasteiger partial charge is 0.264 e. The summed E-state index contributed by atoms with van der Waals surface area (Å²) in [6.45, 7) is 2.65. The number of benzene rings is 3. The minimum absolute atomic E-state index is 0.0906. The van der Waals surface area contributed by atoms with Crippen molar-refractivity contribution in [3.8, 4) is 5.75 Å². The van der Waals surface area contributed by atoms with Crippen LogP contribution in [-0.4, -0.2) is 33.1 Å². The molecule has 184 valence electrons. The van der Waals surface area contributed by atoms with Gasteiger partial charge in [0.15, 0.2) is 5.11 Å². The molecule has 0 bridgehead atoms. The molecule has 3 rings (SSSR count). The number of anilines is 2. The van der Waals surface area contributed by atoms with E-state index in [2.05, 4.69) is 17.6 Å². The highest BCUT2D eigenvalue weighted by Gasteiger charge is 2.21. The number of rotatable bonds is 10. The number of hydrogen-bond acceptors (Lipinski definition) is 5. The van der Waals surface area contributed by atoms with Crippen molar-refractivity contribution in [2.75, 3.05) is 23.3 Å². The molecule has 0 fully saturated rings. The molecule has 9 heteroatoms. The number of amides is 1. The molecule has 0 unspecified atom stereocenters. The van der Waals surface area contributed by atoms with E-state index in [9.17, 15) is 13.2 Å². The van der Waals surface area contributed by atoms with Gasteiger partial charge < -0.3 is 10.1 Å². The van der Waals surface area contributed by atoms with Crippen LogP contribution in [0.25, 0.3) is 0 Å². The van der Waals surface area contributed by atoms with Gasteiger partial charge in [-0.05, 0) is 67.2 Å². The van der Waals surface area contributed by atoms with Crippen LogP contribution in [0.5, 0.6) is 5.75 Å². The number of thiocarbonyl (C=S) groups is 1. The lowest BCUT2D eigenvalue weighted by Gasteiger charge is -2.19. The summed E-state index contributed by atoms with van der Waals surface area (Å²) in [5.41, 5.74) is 1.49. The Hall–Kier alpha value is -3.43. The van der Waals surface area contributed by atoms with Gasteiger partial charge in [-0.25, -0.2) is 8.42 Å². The lowest BCUT2D eigenvalue weighted by Crippen LogP contribution is -2.34. The second kappa shape index (κ2) is 12.3. The standard InChI is InChI=1S/C26H29N3O4S2/c1-3-4-10-19-33-24-14-9-8-13-23(24)25(30)28-26(34)27-20-15-17-22(18-16-20)35(31,32)29(2)21-11-6-5-7-12-21/h5-9,11-18H,3-4,10,19H2,1-2H3,(H2,27,28,30,34). The third-order valence-corrected chi connectivity index (χ3v) is 7.26. The summed E-state index contributed by atoms with van der Waals surface area (Å²) in [5.74, 6) is 0.110. The first-order valence-electron chi connectivity index (χ1n) is 11.3. The van der Waals surface area contributed by atoms with Gasteiger partial charge in [-0.2, -0.15) is 0 Å². The molecule has 0 spiro atoms.